The van der Waals surface area contributed by atoms with Gasteiger partial charge in [0.05, 0.1) is 5.39 Å². The molecule has 2 aromatic heterocycles. The molecule has 0 aliphatic carbocycles. The van der Waals surface area contributed by atoms with E-state index in [4.69, 9.17) is 11.5 Å². The summed E-state index contributed by atoms with van der Waals surface area (Å²) in [6, 6.07) is 0. The number of nitrogens with zero attached hydrogens (tertiary/aromatic N) is 2. The van der Waals surface area contributed by atoms with E-state index < -0.39 is 0 Å². The lowest BCUT2D eigenvalue weighted by molar-refractivity contribution is 1.08. The summed E-state index contributed by atoms with van der Waals surface area (Å²) in [5, 5.41) is 0.833. The number of aromatic amines is 1. The van der Waals surface area contributed by atoms with Crippen LogP contribution in [-0.2, 0) is 6.54 Å². The van der Waals surface area contributed by atoms with E-state index in [1.165, 1.54) is 6.33 Å². The van der Waals surface area contributed by atoms with Gasteiger partial charge in [-0.2, -0.15) is 0 Å². The first kappa shape index (κ1) is 7.05. The Hall–Kier alpha value is -1.62. The van der Waals surface area contributed by atoms with Gasteiger partial charge in [0.2, 0.25) is 0 Å². The maximum absolute atomic E-state index is 5.65. The summed E-state index contributed by atoms with van der Waals surface area (Å²) < 4.78 is 0. The fourth-order valence-electron chi connectivity index (χ4n) is 1.21. The second-order valence-electron chi connectivity index (χ2n) is 2.50. The molecule has 5 N–H and O–H groups in total. The van der Waals surface area contributed by atoms with Gasteiger partial charge < -0.3 is 16.5 Å². The molecule has 0 amide bonds. The number of nitrogen functional groups attached to an aromatic ring is 1. The number of nitrogens with one attached hydrogen (secondary N) is 1. The molecule has 0 spiro atoms. The minimum atomic E-state index is 0.442. The van der Waals surface area contributed by atoms with E-state index in [9.17, 15) is 0 Å². The van der Waals surface area contributed by atoms with Crippen molar-refractivity contribution in [2.24, 2.45) is 5.73 Å². The van der Waals surface area contributed by atoms with Crippen LogP contribution in [0.5, 0.6) is 0 Å². The molecule has 2 rings (SSSR count). The molecule has 0 atom stereocenters. The Morgan fingerprint density at radius 2 is 2.25 bits per heavy atom. The normalized spacial score (nSPS) is 10.8. The average molecular weight is 163 g/mol. The van der Waals surface area contributed by atoms with Crippen molar-refractivity contribution in [2.45, 2.75) is 6.54 Å². The third-order valence-corrected chi connectivity index (χ3v) is 1.80. The summed E-state index contributed by atoms with van der Waals surface area (Å²) in [5.41, 5.74) is 12.8. The van der Waals surface area contributed by atoms with Gasteiger partial charge in [0, 0.05) is 12.7 Å². The topological polar surface area (TPSA) is 93.6 Å². The zero-order valence-corrected chi connectivity index (χ0v) is 6.41. The van der Waals surface area contributed by atoms with Gasteiger partial charge in [-0.15, -0.1) is 0 Å². The molecule has 62 valence electrons. The number of hydrogen-bond acceptors (Lipinski definition) is 4. The molecule has 5 nitrogen and oxygen atoms in total. The van der Waals surface area contributed by atoms with E-state index in [-0.39, 0.29) is 0 Å². The first-order chi connectivity index (χ1) is 5.83. The summed E-state index contributed by atoms with van der Waals surface area (Å²) in [5.74, 6) is 0.474. The van der Waals surface area contributed by atoms with Gasteiger partial charge >= 0.3 is 0 Å². The summed E-state index contributed by atoms with van der Waals surface area (Å²) in [6.07, 6.45) is 3.23. The summed E-state index contributed by atoms with van der Waals surface area (Å²) in [4.78, 5) is 10.9. The zero-order valence-electron chi connectivity index (χ0n) is 6.41. The third-order valence-electron chi connectivity index (χ3n) is 1.80. The van der Waals surface area contributed by atoms with Crippen LogP contribution in [0.3, 0.4) is 0 Å². The number of aromatic nitrogens is 3. The largest absolute Gasteiger partial charge is 0.383 e. The molecule has 2 aromatic rings. The minimum absolute atomic E-state index is 0.442. The van der Waals surface area contributed by atoms with Gasteiger partial charge in [0.15, 0.2) is 0 Å². The lowest BCUT2D eigenvalue weighted by Gasteiger charge is -1.95. The van der Waals surface area contributed by atoms with Crippen LogP contribution in [0.1, 0.15) is 5.56 Å². The zero-order chi connectivity index (χ0) is 8.55. The number of anilines is 1. The maximum atomic E-state index is 5.65. The van der Waals surface area contributed by atoms with E-state index in [1.807, 2.05) is 0 Å². The van der Waals surface area contributed by atoms with Crippen molar-refractivity contribution in [2.75, 3.05) is 5.73 Å². The standard InChI is InChI=1S/C7H9N5/c8-1-4-2-10-7-5(4)6(9)11-3-12-7/h2-3H,1,8H2,(H3,9,10,11,12). The highest BCUT2D eigenvalue weighted by molar-refractivity contribution is 5.88. The fourth-order valence-corrected chi connectivity index (χ4v) is 1.21. The highest BCUT2D eigenvalue weighted by atomic mass is 15.0. The van der Waals surface area contributed by atoms with E-state index in [0.29, 0.717) is 12.4 Å². The molecule has 0 aliphatic heterocycles. The molecule has 0 unspecified atom stereocenters. The molecule has 0 saturated heterocycles. The van der Waals surface area contributed by atoms with Crippen molar-refractivity contribution in [3.05, 3.63) is 18.1 Å². The summed E-state index contributed by atoms with van der Waals surface area (Å²) in [6.45, 7) is 0.442. The summed E-state index contributed by atoms with van der Waals surface area (Å²) in [7, 11) is 0. The van der Waals surface area contributed by atoms with Crippen LogP contribution >= 0.6 is 0 Å². The lowest BCUT2D eigenvalue weighted by atomic mass is 10.2. The smallest absolute Gasteiger partial charge is 0.143 e. The van der Waals surface area contributed by atoms with E-state index in [0.717, 1.165) is 16.6 Å². The highest BCUT2D eigenvalue weighted by Crippen LogP contribution is 2.19. The molecular formula is C7H9N5. The van der Waals surface area contributed by atoms with Gasteiger partial charge in [0.1, 0.15) is 17.8 Å². The second kappa shape index (κ2) is 2.46. The second-order valence-corrected chi connectivity index (χ2v) is 2.50. The van der Waals surface area contributed by atoms with Crippen molar-refractivity contribution < 1.29 is 0 Å². The molecule has 0 radical (unpaired) electrons. The van der Waals surface area contributed by atoms with Crippen molar-refractivity contribution in [3.8, 4) is 0 Å². The molecule has 0 aliphatic rings. The predicted octanol–water partition coefficient (Wildman–Crippen LogP) is -0.00120. The molecule has 2 heterocycles. The Balaban J connectivity index is 2.83. The van der Waals surface area contributed by atoms with Crippen LogP contribution in [0.25, 0.3) is 11.0 Å². The molecular weight excluding hydrogens is 154 g/mol. The summed E-state index contributed by atoms with van der Waals surface area (Å²) >= 11 is 0. The van der Waals surface area contributed by atoms with E-state index in [2.05, 4.69) is 15.0 Å². The number of nitrogens with two attached hydrogens (primary N) is 2. The van der Waals surface area contributed by atoms with E-state index >= 15 is 0 Å². The van der Waals surface area contributed by atoms with Crippen LogP contribution in [0, 0.1) is 0 Å². The molecule has 0 bridgehead atoms. The molecule has 0 aromatic carbocycles. The van der Waals surface area contributed by atoms with Crippen LogP contribution in [-0.4, -0.2) is 15.0 Å². The predicted molar refractivity (Wildman–Crippen MR) is 46.2 cm³/mol. The van der Waals surface area contributed by atoms with E-state index in [1.54, 1.807) is 6.20 Å². The Bertz CT molecular complexity index is 405. The highest BCUT2D eigenvalue weighted by Gasteiger charge is 2.06. The Labute approximate surface area is 68.8 Å². The van der Waals surface area contributed by atoms with Crippen LogP contribution in [0.15, 0.2) is 12.5 Å². The van der Waals surface area contributed by atoms with Crippen molar-refractivity contribution >= 4 is 16.9 Å². The molecule has 12 heavy (non-hydrogen) atoms. The Morgan fingerprint density at radius 3 is 3.00 bits per heavy atom. The quantitative estimate of drug-likeness (QED) is 0.551. The monoisotopic (exact) mass is 163 g/mol. The Kier molecular flexibility index (Phi) is 1.44. The first-order valence-electron chi connectivity index (χ1n) is 3.59. The number of H-pyrrole nitrogens is 1. The SMILES string of the molecule is NCc1c[nH]c2ncnc(N)c12. The van der Waals surface area contributed by atoms with Crippen molar-refractivity contribution in [3.63, 3.8) is 0 Å². The van der Waals surface area contributed by atoms with Gasteiger partial charge in [-0.1, -0.05) is 0 Å². The number of rotatable bonds is 1. The number of fused-ring (bicyclic) bond motifs is 1. The first-order valence-corrected chi connectivity index (χ1v) is 3.59. The molecule has 0 fully saturated rings. The molecule has 5 heteroatoms. The van der Waals surface area contributed by atoms with Crippen molar-refractivity contribution in [1.82, 2.24) is 15.0 Å². The van der Waals surface area contributed by atoms with Gasteiger partial charge in [-0.3, -0.25) is 0 Å². The van der Waals surface area contributed by atoms with Crippen LogP contribution < -0.4 is 11.5 Å². The lowest BCUT2D eigenvalue weighted by Crippen LogP contribution is -1.98. The average Bonchev–Trinajstić information content (AvgIpc) is 2.49. The van der Waals surface area contributed by atoms with Crippen molar-refractivity contribution in [1.29, 1.82) is 0 Å². The van der Waals surface area contributed by atoms with Gasteiger partial charge in [-0.05, 0) is 5.56 Å². The third kappa shape index (κ3) is 0.835. The fraction of sp³-hybridized carbons (Fsp3) is 0.143. The Morgan fingerprint density at radius 1 is 1.42 bits per heavy atom. The van der Waals surface area contributed by atoms with Crippen LogP contribution in [0.4, 0.5) is 5.82 Å². The number of hydrogen-bond donors (Lipinski definition) is 3. The van der Waals surface area contributed by atoms with Gasteiger partial charge in [-0.25, -0.2) is 9.97 Å². The molecule has 0 saturated carbocycles. The minimum Gasteiger partial charge on any atom is -0.383 e. The maximum Gasteiger partial charge on any atom is 0.143 e. The van der Waals surface area contributed by atoms with Gasteiger partial charge in [0.25, 0.3) is 0 Å². The van der Waals surface area contributed by atoms with Crippen LogP contribution in [0.2, 0.25) is 0 Å².